The molecule has 50 heavy (non-hydrogen) atoms. The van der Waals surface area contributed by atoms with Crippen molar-refractivity contribution >= 4 is 47.3 Å². The first kappa shape index (κ1) is 49.9. The maximum Gasteiger partial charge on any atom is 1.00 e. The number of nitrogens with zero attached hydrogens (tertiary/aromatic N) is 3. The second kappa shape index (κ2) is 22.0. The Bertz CT molecular complexity index is 1400. The van der Waals surface area contributed by atoms with Crippen LogP contribution in [-0.2, 0) is 53.0 Å². The Balaban J connectivity index is 0. The van der Waals surface area contributed by atoms with Crippen LogP contribution < -0.4 is 121 Å². The molecule has 0 aromatic heterocycles. The van der Waals surface area contributed by atoms with E-state index in [2.05, 4.69) is 45.0 Å². The first-order valence-corrected chi connectivity index (χ1v) is 13.7. The summed E-state index contributed by atoms with van der Waals surface area (Å²) in [6.07, 6.45) is -1.08. The van der Waals surface area contributed by atoms with Crippen molar-refractivity contribution in [3.63, 3.8) is 0 Å². The fourth-order valence-electron chi connectivity index (χ4n) is 4.64. The quantitative estimate of drug-likeness (QED) is 0.0520. The Morgan fingerprint density at radius 2 is 1.24 bits per heavy atom. The Labute approximate surface area is 352 Å². The Kier molecular flexibility index (Phi) is 22.0. The van der Waals surface area contributed by atoms with Crippen molar-refractivity contribution in [2.45, 2.75) is 69.7 Å². The van der Waals surface area contributed by atoms with Crippen LogP contribution in [0.5, 0.6) is 0 Å². The van der Waals surface area contributed by atoms with Crippen LogP contribution in [-0.4, -0.2) is 99.2 Å². The van der Waals surface area contributed by atoms with Gasteiger partial charge in [0, 0.05) is 19.4 Å². The number of nitrogens with two attached hydrogens (primary N) is 1. The molecule has 3 aliphatic rings. The third-order valence-corrected chi connectivity index (χ3v) is 7.45. The normalized spacial score (nSPS) is 21.3. The average Bonchev–Trinajstić information content (AvgIpc) is 3.56. The number of amides is 8. The van der Waals surface area contributed by atoms with Crippen LogP contribution in [0.25, 0.3) is 0 Å². The monoisotopic (exact) mass is 734 g/mol. The van der Waals surface area contributed by atoms with Gasteiger partial charge in [0.15, 0.2) is 0 Å². The van der Waals surface area contributed by atoms with E-state index in [-0.39, 0.29) is 114 Å². The molecule has 3 saturated heterocycles. The van der Waals surface area contributed by atoms with Crippen molar-refractivity contribution in [2.75, 3.05) is 7.05 Å². The van der Waals surface area contributed by atoms with E-state index >= 15 is 0 Å². The van der Waals surface area contributed by atoms with Gasteiger partial charge in [-0.05, 0) is 6.92 Å². The molecule has 23 heteroatoms. The Morgan fingerprint density at radius 3 is 1.68 bits per heavy atom. The predicted molar refractivity (Wildman–Crippen MR) is 145 cm³/mol. The number of nitrogens with one attached hydrogen (secondary N) is 2. The zero-order chi connectivity index (χ0) is 35.9. The molecule has 4 N–H and O–H groups in total. The number of rotatable bonds is 13. The van der Waals surface area contributed by atoms with E-state index in [0.717, 1.165) is 14.7 Å². The summed E-state index contributed by atoms with van der Waals surface area (Å²) in [6.45, 7) is 12.7. The maximum absolute atomic E-state index is 12.5. The summed E-state index contributed by atoms with van der Waals surface area (Å²) in [6, 6.07) is -5.98. The van der Waals surface area contributed by atoms with Crippen LogP contribution in [0.4, 0.5) is 0 Å². The number of likely N-dealkylation sites (N-methyl/N-ethyl adjacent to an activating group) is 1. The number of carbonyl (C=O) groups is 8. The van der Waals surface area contributed by atoms with E-state index in [9.17, 15) is 54.1 Å². The molecular weight excluding hydrogens is 701 g/mol. The summed E-state index contributed by atoms with van der Waals surface area (Å²) in [4.78, 5) is 109. The van der Waals surface area contributed by atoms with Crippen molar-refractivity contribution in [2.24, 2.45) is 11.7 Å². The molecule has 0 aliphatic carbocycles. The topological polar surface area (TPSA) is 293 Å². The van der Waals surface area contributed by atoms with Gasteiger partial charge in [-0.1, -0.05) is 26.7 Å². The summed E-state index contributed by atoms with van der Waals surface area (Å²) in [5, 5.41) is 35.4. The SMILES string of the molecule is C=C(O[O-])C(C)NC(=O)CC(NC(=O)C(N)C(=C)O[O-])C(=C)O[O-].CC1CC(=O)N(C2CC(=O)N(C3CC(=O)N(C)C3=O)C2=O)C1=O.[Na+].[Na+].[Na+]. The molecule has 6 atom stereocenters. The zero-order valence-electron chi connectivity index (χ0n) is 28.5. The number of carbonyl (C=O) groups excluding carboxylic acids is 8. The van der Waals surface area contributed by atoms with Gasteiger partial charge in [-0.2, -0.15) is 0 Å². The van der Waals surface area contributed by atoms with E-state index in [4.69, 9.17) is 5.73 Å². The van der Waals surface area contributed by atoms with Gasteiger partial charge >= 0.3 is 88.7 Å². The van der Waals surface area contributed by atoms with E-state index in [1.165, 1.54) is 14.0 Å². The molecule has 3 rings (SSSR count). The predicted octanol–water partition coefficient (Wildman–Crippen LogP) is -14.6. The first-order chi connectivity index (χ1) is 21.9. The van der Waals surface area contributed by atoms with Gasteiger partial charge in [0.2, 0.25) is 35.4 Å². The Morgan fingerprint density at radius 1 is 0.780 bits per heavy atom. The number of likely N-dealkylation sites (tertiary alicyclic amines) is 3. The molecular formula is C27H33N6Na3O14. The molecule has 3 fully saturated rings. The van der Waals surface area contributed by atoms with Gasteiger partial charge in [-0.15, -0.1) is 0 Å². The zero-order valence-corrected chi connectivity index (χ0v) is 34.5. The van der Waals surface area contributed by atoms with Gasteiger partial charge in [0.25, 0.3) is 11.8 Å². The van der Waals surface area contributed by atoms with Crippen LogP contribution in [0.1, 0.15) is 39.5 Å². The molecule has 0 radical (unpaired) electrons. The fourth-order valence-corrected chi connectivity index (χ4v) is 4.64. The molecule has 20 nitrogen and oxygen atoms in total. The van der Waals surface area contributed by atoms with Gasteiger partial charge in [-0.25, -0.2) is 0 Å². The molecule has 0 saturated carbocycles. The maximum atomic E-state index is 12.5. The third-order valence-electron chi connectivity index (χ3n) is 7.45. The van der Waals surface area contributed by atoms with Crippen molar-refractivity contribution in [1.29, 1.82) is 0 Å². The van der Waals surface area contributed by atoms with Gasteiger partial charge in [-0.3, -0.25) is 53.1 Å². The van der Waals surface area contributed by atoms with Crippen molar-refractivity contribution < 1.29 is 157 Å². The smallest absolute Gasteiger partial charge is 0.664 e. The van der Waals surface area contributed by atoms with Crippen LogP contribution in [0.3, 0.4) is 0 Å². The van der Waals surface area contributed by atoms with Crippen molar-refractivity contribution in [1.82, 2.24) is 25.3 Å². The van der Waals surface area contributed by atoms with Gasteiger partial charge < -0.3 is 46.8 Å². The molecule has 0 aromatic rings. The average molecular weight is 735 g/mol. The molecule has 6 unspecified atom stereocenters. The summed E-state index contributed by atoms with van der Waals surface area (Å²) in [7, 11) is 1.28. The number of imide groups is 3. The largest absolute Gasteiger partial charge is 1.00 e. The molecule has 0 aromatic carbocycles. The summed E-state index contributed by atoms with van der Waals surface area (Å²) in [5.41, 5.74) is 5.38. The van der Waals surface area contributed by atoms with Crippen LogP contribution >= 0.6 is 0 Å². The van der Waals surface area contributed by atoms with E-state index < -0.39 is 101 Å². The minimum absolute atomic E-state index is 0. The second-order valence-electron chi connectivity index (χ2n) is 10.7. The minimum atomic E-state index is -1.53. The van der Waals surface area contributed by atoms with E-state index in [1.54, 1.807) is 6.92 Å². The third kappa shape index (κ3) is 11.9. The second-order valence-corrected chi connectivity index (χ2v) is 10.7. The van der Waals surface area contributed by atoms with Crippen molar-refractivity contribution in [3.05, 3.63) is 37.0 Å². The molecule has 258 valence electrons. The number of hydrogen-bond donors (Lipinski definition) is 3. The van der Waals surface area contributed by atoms with E-state index in [0.29, 0.717) is 0 Å². The van der Waals surface area contributed by atoms with Crippen molar-refractivity contribution in [3.8, 4) is 0 Å². The van der Waals surface area contributed by atoms with Crippen LogP contribution in [0.2, 0.25) is 0 Å². The summed E-state index contributed by atoms with van der Waals surface area (Å²) in [5.74, 6) is -6.98. The molecule has 3 aliphatic heterocycles. The van der Waals surface area contributed by atoms with Gasteiger partial charge in [0.1, 0.15) is 35.4 Å². The molecule has 3 heterocycles. The summed E-state index contributed by atoms with van der Waals surface area (Å²) < 4.78 is 0. The molecule has 0 bridgehead atoms. The number of hydrogen-bond acceptors (Lipinski definition) is 15. The Hall–Kier alpha value is -2.18. The summed E-state index contributed by atoms with van der Waals surface area (Å²) >= 11 is 0. The molecule has 8 amide bonds. The van der Waals surface area contributed by atoms with E-state index in [1.807, 2.05) is 0 Å². The fraction of sp³-hybridized carbons (Fsp3) is 0.481. The van der Waals surface area contributed by atoms with Gasteiger partial charge in [0.05, 0.1) is 31.3 Å². The van der Waals surface area contributed by atoms with Crippen LogP contribution in [0, 0.1) is 5.92 Å². The minimum Gasteiger partial charge on any atom is -0.664 e. The standard InChI is InChI=1S/C14H15N3O6.C13H21N3O8.3Na/c1-6-3-10(19)16(12(6)21)8-5-11(20)17(14(8)23)7-4-9(18)15(2)13(7)22;1-6(7(2)22-19)15-11(17)5-10(8(3)23-20)16-13(18)12(14)9(4)24-21;;;/h6-8H,3-5H2,1-2H3;6,10,12,19-21H,2-5,14H2,1H3,(H,15,17)(H,16,18);;;/q;;3*+1/p-3. The molecule has 0 spiro atoms. The first-order valence-electron chi connectivity index (χ1n) is 13.7. The van der Waals surface area contributed by atoms with Crippen LogP contribution in [0.15, 0.2) is 37.0 Å².